The Morgan fingerprint density at radius 1 is 1.33 bits per heavy atom. The van der Waals surface area contributed by atoms with Crippen molar-refractivity contribution in [1.29, 1.82) is 0 Å². The molecule has 0 saturated heterocycles. The number of rotatable bonds is 6. The zero-order chi connectivity index (χ0) is 16.2. The molecule has 0 spiro atoms. The number of carboxylic acids is 1. The molecule has 0 aliphatic rings. The lowest BCUT2D eigenvalue weighted by atomic mass is 10.1. The molecule has 0 fully saturated rings. The van der Waals surface area contributed by atoms with E-state index >= 15 is 0 Å². The Morgan fingerprint density at radius 2 is 1.95 bits per heavy atom. The monoisotopic (exact) mass is 298 g/mol. The van der Waals surface area contributed by atoms with Crippen molar-refractivity contribution in [2.75, 3.05) is 14.2 Å². The molecule has 114 valence electrons. The largest absolute Gasteiger partial charge is 0.493 e. The van der Waals surface area contributed by atoms with Gasteiger partial charge in [0.25, 0.3) is 5.91 Å². The molecule has 0 heterocycles. The highest BCUT2D eigenvalue weighted by Crippen LogP contribution is 2.37. The molecule has 0 radical (unpaired) electrons. The lowest BCUT2D eigenvalue weighted by Crippen LogP contribution is -2.38. The second kappa shape index (κ2) is 6.55. The fourth-order valence-corrected chi connectivity index (χ4v) is 1.55. The molecule has 2 N–H and O–H groups in total. The first-order valence-electron chi connectivity index (χ1n) is 5.75. The number of hydrogen-bond acceptors (Lipinski definition) is 6. The van der Waals surface area contributed by atoms with Crippen LogP contribution in [0.1, 0.15) is 17.3 Å². The number of methoxy groups -OCH3 is 2. The lowest BCUT2D eigenvalue weighted by Gasteiger charge is -2.12. The van der Waals surface area contributed by atoms with Crippen molar-refractivity contribution < 1.29 is 29.1 Å². The Labute approximate surface area is 119 Å². The zero-order valence-corrected chi connectivity index (χ0v) is 11.6. The standard InChI is InChI=1S/C12H14N2O7/c1-6(12(16)17)13-11(15)7-4-8(14(18)19)10(21-3)9(5-7)20-2/h4-6H,1-3H3,(H,13,15)(H,16,17)/t6-/m1/s1. The molecular weight excluding hydrogens is 284 g/mol. The van der Waals surface area contributed by atoms with Gasteiger partial charge in [-0.2, -0.15) is 0 Å². The summed E-state index contributed by atoms with van der Waals surface area (Å²) in [5, 5.41) is 21.9. The first-order valence-corrected chi connectivity index (χ1v) is 5.75. The molecule has 0 bridgehead atoms. The van der Waals surface area contributed by atoms with E-state index in [0.29, 0.717) is 0 Å². The molecule has 1 aromatic rings. The maximum Gasteiger partial charge on any atom is 0.325 e. The third kappa shape index (κ3) is 3.59. The van der Waals surface area contributed by atoms with Gasteiger partial charge in [0, 0.05) is 6.07 Å². The van der Waals surface area contributed by atoms with Crippen molar-refractivity contribution in [1.82, 2.24) is 5.32 Å². The third-order valence-electron chi connectivity index (χ3n) is 2.64. The highest BCUT2D eigenvalue weighted by Gasteiger charge is 2.25. The topological polar surface area (TPSA) is 128 Å². The molecule has 1 atom stereocenters. The Hall–Kier alpha value is -2.84. The van der Waals surface area contributed by atoms with E-state index in [9.17, 15) is 19.7 Å². The van der Waals surface area contributed by atoms with Gasteiger partial charge in [0.05, 0.1) is 24.7 Å². The van der Waals surface area contributed by atoms with Crippen molar-refractivity contribution in [2.45, 2.75) is 13.0 Å². The van der Waals surface area contributed by atoms with Crippen LogP contribution < -0.4 is 14.8 Å². The van der Waals surface area contributed by atoms with E-state index in [1.807, 2.05) is 0 Å². The van der Waals surface area contributed by atoms with Gasteiger partial charge in [0.1, 0.15) is 6.04 Å². The second-order valence-electron chi connectivity index (χ2n) is 4.02. The van der Waals surface area contributed by atoms with Crippen LogP contribution in [0.2, 0.25) is 0 Å². The molecule has 0 saturated carbocycles. The summed E-state index contributed by atoms with van der Waals surface area (Å²) in [6, 6.07) is 1.09. The van der Waals surface area contributed by atoms with Crippen LogP contribution in [0.25, 0.3) is 0 Å². The van der Waals surface area contributed by atoms with Gasteiger partial charge in [-0.05, 0) is 13.0 Å². The summed E-state index contributed by atoms with van der Waals surface area (Å²) < 4.78 is 9.83. The molecule has 0 aliphatic heterocycles. The van der Waals surface area contributed by atoms with Gasteiger partial charge in [0.2, 0.25) is 5.75 Å². The van der Waals surface area contributed by atoms with Crippen LogP contribution in [0.15, 0.2) is 12.1 Å². The van der Waals surface area contributed by atoms with Gasteiger partial charge >= 0.3 is 11.7 Å². The molecule has 1 rings (SSSR count). The van der Waals surface area contributed by atoms with E-state index in [-0.39, 0.29) is 17.1 Å². The van der Waals surface area contributed by atoms with Crippen LogP contribution >= 0.6 is 0 Å². The smallest absolute Gasteiger partial charge is 0.325 e. The quantitative estimate of drug-likeness (QED) is 0.587. The van der Waals surface area contributed by atoms with Crippen molar-refractivity contribution in [3.05, 3.63) is 27.8 Å². The van der Waals surface area contributed by atoms with E-state index in [1.54, 1.807) is 0 Å². The highest BCUT2D eigenvalue weighted by molar-refractivity contribution is 5.98. The minimum absolute atomic E-state index is 0.000159. The fraction of sp³-hybridized carbons (Fsp3) is 0.333. The van der Waals surface area contributed by atoms with E-state index in [2.05, 4.69) is 5.32 Å². The van der Waals surface area contributed by atoms with E-state index in [4.69, 9.17) is 14.6 Å². The number of nitrogens with zero attached hydrogens (tertiary/aromatic N) is 1. The zero-order valence-electron chi connectivity index (χ0n) is 11.6. The average molecular weight is 298 g/mol. The van der Waals surface area contributed by atoms with Crippen molar-refractivity contribution in [3.63, 3.8) is 0 Å². The third-order valence-corrected chi connectivity index (χ3v) is 2.64. The lowest BCUT2D eigenvalue weighted by molar-refractivity contribution is -0.385. The summed E-state index contributed by atoms with van der Waals surface area (Å²) in [4.78, 5) is 32.9. The summed E-state index contributed by atoms with van der Waals surface area (Å²) in [6.45, 7) is 1.27. The second-order valence-corrected chi connectivity index (χ2v) is 4.02. The van der Waals surface area contributed by atoms with Crippen LogP contribution in [0.3, 0.4) is 0 Å². The Kier molecular flexibility index (Phi) is 5.06. The molecule has 21 heavy (non-hydrogen) atoms. The summed E-state index contributed by atoms with van der Waals surface area (Å²) in [5.41, 5.74) is -0.558. The van der Waals surface area contributed by atoms with E-state index in [1.165, 1.54) is 27.2 Å². The number of ether oxygens (including phenoxy) is 2. The first-order chi connectivity index (χ1) is 9.81. The predicted molar refractivity (Wildman–Crippen MR) is 70.8 cm³/mol. The maximum atomic E-state index is 11.9. The molecule has 0 aromatic heterocycles. The maximum absolute atomic E-state index is 11.9. The van der Waals surface area contributed by atoms with Crippen molar-refractivity contribution in [3.8, 4) is 11.5 Å². The fourth-order valence-electron chi connectivity index (χ4n) is 1.55. The van der Waals surface area contributed by atoms with Crippen LogP contribution in [-0.2, 0) is 4.79 Å². The molecule has 1 amide bonds. The molecular formula is C12H14N2O7. The Morgan fingerprint density at radius 3 is 2.38 bits per heavy atom. The van der Waals surface area contributed by atoms with Gasteiger partial charge in [0.15, 0.2) is 5.75 Å². The number of aliphatic carboxylic acids is 1. The summed E-state index contributed by atoms with van der Waals surface area (Å²) in [5.74, 6) is -2.11. The minimum atomic E-state index is -1.22. The summed E-state index contributed by atoms with van der Waals surface area (Å²) in [7, 11) is 2.50. The van der Waals surface area contributed by atoms with Crippen LogP contribution in [0.4, 0.5) is 5.69 Å². The van der Waals surface area contributed by atoms with Crippen molar-refractivity contribution >= 4 is 17.6 Å². The number of amides is 1. The molecule has 0 aliphatic carbocycles. The number of nitro benzene ring substituents is 1. The molecule has 0 unspecified atom stereocenters. The first kappa shape index (κ1) is 16.2. The summed E-state index contributed by atoms with van der Waals surface area (Å²) >= 11 is 0. The van der Waals surface area contributed by atoms with Gasteiger partial charge in [-0.3, -0.25) is 19.7 Å². The number of benzene rings is 1. The van der Waals surface area contributed by atoms with Gasteiger partial charge < -0.3 is 19.9 Å². The normalized spacial score (nSPS) is 11.4. The minimum Gasteiger partial charge on any atom is -0.493 e. The molecule has 9 heteroatoms. The Bertz CT molecular complexity index is 585. The van der Waals surface area contributed by atoms with Crippen LogP contribution in [-0.4, -0.2) is 42.2 Å². The number of hydrogen-bond donors (Lipinski definition) is 2. The number of carbonyl (C=O) groups is 2. The number of carbonyl (C=O) groups excluding carboxylic acids is 1. The average Bonchev–Trinajstić information content (AvgIpc) is 2.45. The SMILES string of the molecule is COc1cc(C(=O)N[C@H](C)C(=O)O)cc([N+](=O)[O-])c1OC. The number of carboxylic acid groups (broad SMARTS) is 1. The van der Waals surface area contributed by atoms with Gasteiger partial charge in [-0.25, -0.2) is 0 Å². The summed E-state index contributed by atoms with van der Waals surface area (Å²) in [6.07, 6.45) is 0. The van der Waals surface area contributed by atoms with E-state index < -0.39 is 28.5 Å². The number of nitro groups is 1. The molecule has 1 aromatic carbocycles. The Balaban J connectivity index is 3.25. The van der Waals surface area contributed by atoms with Gasteiger partial charge in [-0.1, -0.05) is 0 Å². The molecule has 9 nitrogen and oxygen atoms in total. The van der Waals surface area contributed by atoms with Crippen LogP contribution in [0.5, 0.6) is 11.5 Å². The van der Waals surface area contributed by atoms with Gasteiger partial charge in [-0.15, -0.1) is 0 Å². The highest BCUT2D eigenvalue weighted by atomic mass is 16.6. The number of nitrogens with one attached hydrogen (secondary N) is 1. The van der Waals surface area contributed by atoms with Crippen LogP contribution in [0, 0.1) is 10.1 Å². The van der Waals surface area contributed by atoms with Crippen molar-refractivity contribution in [2.24, 2.45) is 0 Å². The van der Waals surface area contributed by atoms with E-state index in [0.717, 1.165) is 6.07 Å². The predicted octanol–water partition coefficient (Wildman–Crippen LogP) is 0.815.